The zero-order valence-corrected chi connectivity index (χ0v) is 12.9. The van der Waals surface area contributed by atoms with Crippen molar-refractivity contribution in [3.8, 4) is 17.1 Å². The summed E-state index contributed by atoms with van der Waals surface area (Å²) >= 11 is 0. The summed E-state index contributed by atoms with van der Waals surface area (Å²) < 4.78 is 29.1. The molecule has 1 fully saturated rings. The number of ether oxygens (including phenoxy) is 1. The monoisotopic (exact) mass is 303 g/mol. The summed E-state index contributed by atoms with van der Waals surface area (Å²) in [7, 11) is -3.22. The average Bonchev–Trinajstić information content (AvgIpc) is 3.15. The third kappa shape index (κ3) is 3.24. The lowest BCUT2D eigenvalue weighted by molar-refractivity contribution is 0.192. The van der Waals surface area contributed by atoms with Crippen LogP contribution in [0.2, 0.25) is 0 Å². The number of aromatic nitrogens is 1. The van der Waals surface area contributed by atoms with Crippen LogP contribution in [0.15, 0.2) is 47.4 Å². The number of benzene rings is 1. The van der Waals surface area contributed by atoms with Gasteiger partial charge in [-0.2, -0.15) is 0 Å². The Labute approximate surface area is 124 Å². The maximum Gasteiger partial charge on any atom is 0.214 e. The Kier molecular flexibility index (Phi) is 3.24. The van der Waals surface area contributed by atoms with Crippen molar-refractivity contribution in [2.75, 3.05) is 6.26 Å². The van der Waals surface area contributed by atoms with E-state index in [4.69, 9.17) is 4.74 Å². The third-order valence-corrected chi connectivity index (χ3v) is 4.70. The molecule has 0 unspecified atom stereocenters. The number of nitrogens with zero attached hydrogens (tertiary/aromatic N) is 1. The number of pyridine rings is 1. The number of hydrogen-bond donors (Lipinski definition) is 0. The van der Waals surface area contributed by atoms with Crippen LogP contribution in [0, 0.1) is 0 Å². The molecule has 0 radical (unpaired) electrons. The van der Waals surface area contributed by atoms with Crippen molar-refractivity contribution in [3.05, 3.63) is 42.5 Å². The van der Waals surface area contributed by atoms with E-state index in [-0.39, 0.29) is 5.60 Å². The van der Waals surface area contributed by atoms with E-state index in [1.807, 2.05) is 24.3 Å². The Balaban J connectivity index is 1.95. The van der Waals surface area contributed by atoms with E-state index < -0.39 is 9.84 Å². The largest absolute Gasteiger partial charge is 0.471 e. The molecule has 110 valence electrons. The quantitative estimate of drug-likeness (QED) is 0.871. The highest BCUT2D eigenvalue weighted by Crippen LogP contribution is 2.39. The van der Waals surface area contributed by atoms with Crippen molar-refractivity contribution in [2.24, 2.45) is 0 Å². The lowest BCUT2D eigenvalue weighted by atomic mass is 10.1. The molecule has 0 atom stereocenters. The summed E-state index contributed by atoms with van der Waals surface area (Å²) in [5.41, 5.74) is 1.40. The number of rotatable bonds is 4. The van der Waals surface area contributed by atoms with E-state index in [2.05, 4.69) is 11.9 Å². The zero-order chi connectivity index (χ0) is 15.1. The molecule has 5 heteroatoms. The molecule has 2 aromatic rings. The van der Waals surface area contributed by atoms with E-state index >= 15 is 0 Å². The van der Waals surface area contributed by atoms with Crippen LogP contribution in [0.5, 0.6) is 5.88 Å². The van der Waals surface area contributed by atoms with Gasteiger partial charge in [0.15, 0.2) is 9.84 Å². The molecule has 0 N–H and O–H groups in total. The van der Waals surface area contributed by atoms with E-state index in [1.165, 1.54) is 6.26 Å². The number of hydrogen-bond acceptors (Lipinski definition) is 4. The van der Waals surface area contributed by atoms with E-state index in [0.717, 1.165) is 18.4 Å². The summed E-state index contributed by atoms with van der Waals surface area (Å²) in [6.45, 7) is 2.06. The zero-order valence-electron chi connectivity index (χ0n) is 12.0. The number of sulfone groups is 1. The molecule has 0 aliphatic heterocycles. The third-order valence-electron chi connectivity index (χ3n) is 3.59. The van der Waals surface area contributed by atoms with Gasteiger partial charge in [-0.05, 0) is 38.0 Å². The highest BCUT2D eigenvalue weighted by Gasteiger charge is 2.40. The lowest BCUT2D eigenvalue weighted by Crippen LogP contribution is -2.13. The summed E-state index contributed by atoms with van der Waals surface area (Å²) in [4.78, 5) is 4.77. The van der Waals surface area contributed by atoms with Gasteiger partial charge < -0.3 is 4.74 Å². The SMILES string of the molecule is CC1(Oc2cccc(-c3cccc(S(C)(=O)=O)c3)n2)CC1. The van der Waals surface area contributed by atoms with Gasteiger partial charge in [0.2, 0.25) is 5.88 Å². The molecule has 3 rings (SSSR count). The standard InChI is InChI=1S/C16H17NO3S/c1-16(9-10-16)20-15-8-4-7-14(17-15)12-5-3-6-13(11-12)21(2,18)19/h3-8,11H,9-10H2,1-2H3. The first-order valence-corrected chi connectivity index (χ1v) is 8.72. The molecule has 0 amide bonds. The molecule has 1 aromatic carbocycles. The first-order valence-electron chi connectivity index (χ1n) is 6.82. The molecule has 1 aliphatic carbocycles. The van der Waals surface area contributed by atoms with Crippen molar-refractivity contribution in [2.45, 2.75) is 30.3 Å². The van der Waals surface area contributed by atoms with E-state index in [1.54, 1.807) is 18.2 Å². The Morgan fingerprint density at radius 1 is 1.14 bits per heavy atom. The molecule has 1 aliphatic rings. The Morgan fingerprint density at radius 2 is 1.86 bits per heavy atom. The van der Waals surface area contributed by atoms with Gasteiger partial charge in [-0.15, -0.1) is 0 Å². The first-order chi connectivity index (χ1) is 9.86. The van der Waals surface area contributed by atoms with Gasteiger partial charge in [0.1, 0.15) is 5.60 Å². The van der Waals surface area contributed by atoms with Crippen LogP contribution in [0.4, 0.5) is 0 Å². The van der Waals surface area contributed by atoms with Crippen molar-refractivity contribution in [1.29, 1.82) is 0 Å². The van der Waals surface area contributed by atoms with Crippen molar-refractivity contribution >= 4 is 9.84 Å². The second kappa shape index (κ2) is 4.84. The fourth-order valence-corrected chi connectivity index (χ4v) is 2.72. The molecule has 1 heterocycles. The highest BCUT2D eigenvalue weighted by molar-refractivity contribution is 7.90. The lowest BCUT2D eigenvalue weighted by Gasteiger charge is -2.12. The maximum absolute atomic E-state index is 11.6. The maximum atomic E-state index is 11.6. The van der Waals surface area contributed by atoms with Crippen LogP contribution in [-0.2, 0) is 9.84 Å². The molecular formula is C16H17NO3S. The van der Waals surface area contributed by atoms with Gasteiger partial charge >= 0.3 is 0 Å². The molecule has 0 spiro atoms. The molecule has 4 nitrogen and oxygen atoms in total. The molecule has 21 heavy (non-hydrogen) atoms. The van der Waals surface area contributed by atoms with Crippen molar-refractivity contribution in [3.63, 3.8) is 0 Å². The van der Waals surface area contributed by atoms with Gasteiger partial charge in [0, 0.05) is 17.9 Å². The van der Waals surface area contributed by atoms with Crippen LogP contribution < -0.4 is 4.74 Å². The molecule has 1 aromatic heterocycles. The Bertz CT molecular complexity index is 780. The smallest absolute Gasteiger partial charge is 0.214 e. The van der Waals surface area contributed by atoms with Crippen LogP contribution >= 0.6 is 0 Å². The summed E-state index contributed by atoms with van der Waals surface area (Å²) in [6.07, 6.45) is 3.29. The second-order valence-electron chi connectivity index (χ2n) is 5.71. The Morgan fingerprint density at radius 3 is 2.52 bits per heavy atom. The van der Waals surface area contributed by atoms with Crippen LogP contribution in [0.1, 0.15) is 19.8 Å². The molecular weight excluding hydrogens is 286 g/mol. The van der Waals surface area contributed by atoms with E-state index in [9.17, 15) is 8.42 Å². The van der Waals surface area contributed by atoms with Gasteiger partial charge in [-0.1, -0.05) is 18.2 Å². The molecule has 1 saturated carbocycles. The Hall–Kier alpha value is -1.88. The minimum atomic E-state index is -3.22. The van der Waals surface area contributed by atoms with Crippen LogP contribution in [0.25, 0.3) is 11.3 Å². The summed E-state index contributed by atoms with van der Waals surface area (Å²) in [5.74, 6) is 0.581. The molecule has 0 saturated heterocycles. The summed E-state index contributed by atoms with van der Waals surface area (Å²) in [5, 5.41) is 0. The fourth-order valence-electron chi connectivity index (χ4n) is 2.05. The van der Waals surface area contributed by atoms with Crippen molar-refractivity contribution < 1.29 is 13.2 Å². The predicted molar refractivity (Wildman–Crippen MR) is 81.0 cm³/mol. The average molecular weight is 303 g/mol. The molecule has 0 bridgehead atoms. The van der Waals surface area contributed by atoms with Gasteiger partial charge in [0.25, 0.3) is 0 Å². The minimum Gasteiger partial charge on any atom is -0.471 e. The normalized spacial score (nSPS) is 16.5. The predicted octanol–water partition coefficient (Wildman–Crippen LogP) is 3.08. The minimum absolute atomic E-state index is 0.0831. The van der Waals surface area contributed by atoms with Gasteiger partial charge in [0.05, 0.1) is 10.6 Å². The van der Waals surface area contributed by atoms with Gasteiger partial charge in [-0.3, -0.25) is 0 Å². The van der Waals surface area contributed by atoms with Crippen LogP contribution in [-0.4, -0.2) is 25.3 Å². The summed E-state index contributed by atoms with van der Waals surface area (Å²) in [6, 6.07) is 12.3. The topological polar surface area (TPSA) is 56.3 Å². The van der Waals surface area contributed by atoms with Gasteiger partial charge in [-0.25, -0.2) is 13.4 Å². The fraction of sp³-hybridized carbons (Fsp3) is 0.312. The van der Waals surface area contributed by atoms with Crippen molar-refractivity contribution in [1.82, 2.24) is 4.98 Å². The van der Waals surface area contributed by atoms with Crippen LogP contribution in [0.3, 0.4) is 0 Å². The van der Waals surface area contributed by atoms with E-state index in [0.29, 0.717) is 16.5 Å². The highest BCUT2D eigenvalue weighted by atomic mass is 32.2. The first kappa shape index (κ1) is 14.1. The second-order valence-corrected chi connectivity index (χ2v) is 7.73.